The van der Waals surface area contributed by atoms with Gasteiger partial charge in [-0.05, 0) is 57.5 Å². The number of nitrogens with zero attached hydrogens (tertiary/aromatic N) is 1. The van der Waals surface area contributed by atoms with Crippen molar-refractivity contribution in [1.29, 1.82) is 0 Å². The number of halogens is 2. The molecule has 1 aromatic rings. The van der Waals surface area contributed by atoms with Crippen LogP contribution in [0.1, 0.15) is 25.3 Å². The molecule has 2 N–H and O–H groups in total. The minimum Gasteiger partial charge on any atom is -0.392 e. The van der Waals surface area contributed by atoms with Crippen LogP contribution in [0.4, 0.5) is 4.39 Å². The zero-order chi connectivity index (χ0) is 15.2. The van der Waals surface area contributed by atoms with Gasteiger partial charge in [-0.15, -0.1) is 0 Å². The van der Waals surface area contributed by atoms with Crippen LogP contribution in [0.3, 0.4) is 0 Å². The first-order valence-corrected chi connectivity index (χ1v) is 7.98. The number of benzene rings is 1. The van der Waals surface area contributed by atoms with Crippen LogP contribution in [-0.4, -0.2) is 42.3 Å². The predicted molar refractivity (Wildman–Crippen MR) is 84.0 cm³/mol. The Bertz CT molecular complexity index is 428. The molecule has 0 aromatic heterocycles. The average Bonchev–Trinajstić information content (AvgIpc) is 2.43. The fourth-order valence-electron chi connectivity index (χ4n) is 2.85. The van der Waals surface area contributed by atoms with E-state index in [1.165, 1.54) is 6.07 Å². The minimum atomic E-state index is -0.261. The molecule has 118 valence electrons. The van der Waals surface area contributed by atoms with Crippen LogP contribution in [0.15, 0.2) is 18.2 Å². The number of rotatable bonds is 6. The standard InChI is InChI=1S/C16H24ClFN2O/c1-12(21)11-20-7-5-13(6-8-20)9-19-10-14-15(17)3-2-4-16(14)18/h2-4,12-13,19,21H,5-11H2,1H3/t12-/m0/s1. The summed E-state index contributed by atoms with van der Waals surface area (Å²) in [5, 5.41) is 13.2. The van der Waals surface area contributed by atoms with Crippen molar-refractivity contribution in [3.8, 4) is 0 Å². The van der Waals surface area contributed by atoms with Crippen molar-refractivity contribution in [3.05, 3.63) is 34.6 Å². The Morgan fingerprint density at radius 2 is 2.14 bits per heavy atom. The van der Waals surface area contributed by atoms with Crippen molar-refractivity contribution in [2.24, 2.45) is 5.92 Å². The molecule has 21 heavy (non-hydrogen) atoms. The number of aliphatic hydroxyl groups excluding tert-OH is 1. The highest BCUT2D eigenvalue weighted by atomic mass is 35.5. The molecular formula is C16H24ClFN2O. The molecule has 1 atom stereocenters. The fraction of sp³-hybridized carbons (Fsp3) is 0.625. The third-order valence-electron chi connectivity index (χ3n) is 4.03. The van der Waals surface area contributed by atoms with Gasteiger partial charge in [0.1, 0.15) is 5.82 Å². The summed E-state index contributed by atoms with van der Waals surface area (Å²) >= 11 is 6.01. The van der Waals surface area contributed by atoms with Gasteiger partial charge in [0.05, 0.1) is 6.10 Å². The number of hydrogen-bond acceptors (Lipinski definition) is 3. The molecule has 0 saturated carbocycles. The number of likely N-dealkylation sites (tertiary alicyclic amines) is 1. The van der Waals surface area contributed by atoms with Crippen molar-refractivity contribution < 1.29 is 9.50 Å². The lowest BCUT2D eigenvalue weighted by atomic mass is 9.96. The Morgan fingerprint density at radius 1 is 1.43 bits per heavy atom. The smallest absolute Gasteiger partial charge is 0.129 e. The number of nitrogens with one attached hydrogen (secondary N) is 1. The Hall–Kier alpha value is -0.680. The highest BCUT2D eigenvalue weighted by molar-refractivity contribution is 6.31. The van der Waals surface area contributed by atoms with E-state index in [4.69, 9.17) is 11.6 Å². The first-order chi connectivity index (χ1) is 10.1. The van der Waals surface area contributed by atoms with E-state index in [1.807, 2.05) is 6.92 Å². The lowest BCUT2D eigenvalue weighted by Crippen LogP contribution is -2.40. The Morgan fingerprint density at radius 3 is 2.76 bits per heavy atom. The molecular weight excluding hydrogens is 291 g/mol. The number of β-amino-alcohol motifs (C(OH)–C–C–N with tert-alkyl or cyclic N) is 1. The molecule has 3 nitrogen and oxygen atoms in total. The van der Waals surface area contributed by atoms with Crippen LogP contribution in [-0.2, 0) is 6.54 Å². The summed E-state index contributed by atoms with van der Waals surface area (Å²) in [5.41, 5.74) is 0.547. The number of aliphatic hydroxyl groups is 1. The zero-order valence-corrected chi connectivity index (χ0v) is 13.2. The summed E-state index contributed by atoms with van der Waals surface area (Å²) in [4.78, 5) is 2.30. The number of piperidine rings is 1. The van der Waals surface area contributed by atoms with E-state index in [1.54, 1.807) is 12.1 Å². The van der Waals surface area contributed by atoms with E-state index in [0.29, 0.717) is 23.0 Å². The summed E-state index contributed by atoms with van der Waals surface area (Å²) in [7, 11) is 0. The second-order valence-electron chi connectivity index (χ2n) is 5.92. The fourth-order valence-corrected chi connectivity index (χ4v) is 3.08. The molecule has 0 aliphatic carbocycles. The van der Waals surface area contributed by atoms with Crippen molar-refractivity contribution in [2.45, 2.75) is 32.4 Å². The normalized spacial score (nSPS) is 18.9. The highest BCUT2D eigenvalue weighted by Crippen LogP contribution is 2.20. The van der Waals surface area contributed by atoms with Crippen molar-refractivity contribution in [1.82, 2.24) is 10.2 Å². The quantitative estimate of drug-likeness (QED) is 0.847. The second-order valence-corrected chi connectivity index (χ2v) is 6.33. The van der Waals surface area contributed by atoms with Gasteiger partial charge in [-0.2, -0.15) is 0 Å². The van der Waals surface area contributed by atoms with Gasteiger partial charge >= 0.3 is 0 Å². The first-order valence-electron chi connectivity index (χ1n) is 7.60. The van der Waals surface area contributed by atoms with E-state index < -0.39 is 0 Å². The maximum absolute atomic E-state index is 13.6. The summed E-state index contributed by atoms with van der Waals surface area (Å²) in [5.74, 6) is 0.363. The van der Waals surface area contributed by atoms with Gasteiger partial charge in [-0.1, -0.05) is 17.7 Å². The van der Waals surface area contributed by atoms with Gasteiger partial charge in [0.2, 0.25) is 0 Å². The summed E-state index contributed by atoms with van der Waals surface area (Å²) in [6, 6.07) is 4.78. The largest absolute Gasteiger partial charge is 0.392 e. The lowest BCUT2D eigenvalue weighted by Gasteiger charge is -2.32. The van der Waals surface area contributed by atoms with Gasteiger partial charge in [0.15, 0.2) is 0 Å². The molecule has 0 amide bonds. The van der Waals surface area contributed by atoms with Gasteiger partial charge < -0.3 is 15.3 Å². The average molecular weight is 315 g/mol. The summed E-state index contributed by atoms with van der Waals surface area (Å²) < 4.78 is 13.6. The topological polar surface area (TPSA) is 35.5 Å². The number of hydrogen-bond donors (Lipinski definition) is 2. The molecule has 2 rings (SSSR count). The Kier molecular flexibility index (Phi) is 6.42. The van der Waals surface area contributed by atoms with Crippen LogP contribution >= 0.6 is 11.6 Å². The Balaban J connectivity index is 1.71. The lowest BCUT2D eigenvalue weighted by molar-refractivity contribution is 0.0998. The maximum atomic E-state index is 13.6. The molecule has 5 heteroatoms. The van der Waals surface area contributed by atoms with E-state index in [0.717, 1.165) is 39.0 Å². The van der Waals surface area contributed by atoms with Gasteiger partial charge in [0, 0.05) is 23.7 Å². The molecule has 0 bridgehead atoms. The van der Waals surface area contributed by atoms with E-state index in [2.05, 4.69) is 10.2 Å². The van der Waals surface area contributed by atoms with Crippen LogP contribution in [0, 0.1) is 11.7 Å². The monoisotopic (exact) mass is 314 g/mol. The molecule has 0 unspecified atom stereocenters. The van der Waals surface area contributed by atoms with Crippen LogP contribution < -0.4 is 5.32 Å². The first kappa shape index (κ1) is 16.7. The van der Waals surface area contributed by atoms with Crippen LogP contribution in [0.25, 0.3) is 0 Å². The second kappa shape index (κ2) is 8.08. The van der Waals surface area contributed by atoms with Crippen molar-refractivity contribution >= 4 is 11.6 Å². The molecule has 1 fully saturated rings. The van der Waals surface area contributed by atoms with Crippen LogP contribution in [0.2, 0.25) is 5.02 Å². The van der Waals surface area contributed by atoms with Crippen molar-refractivity contribution in [2.75, 3.05) is 26.2 Å². The van der Waals surface area contributed by atoms with E-state index >= 15 is 0 Å². The summed E-state index contributed by atoms with van der Waals surface area (Å²) in [6.07, 6.45) is 1.97. The molecule has 1 aliphatic heterocycles. The van der Waals surface area contributed by atoms with Crippen molar-refractivity contribution in [3.63, 3.8) is 0 Å². The van der Waals surface area contributed by atoms with Gasteiger partial charge in [-0.3, -0.25) is 0 Å². The SMILES string of the molecule is C[C@H](O)CN1CCC(CNCc2c(F)cccc2Cl)CC1. The van der Waals surface area contributed by atoms with Crippen LogP contribution in [0.5, 0.6) is 0 Å². The van der Waals surface area contributed by atoms with E-state index in [9.17, 15) is 9.50 Å². The zero-order valence-electron chi connectivity index (χ0n) is 12.5. The van der Waals surface area contributed by atoms with E-state index in [-0.39, 0.29) is 11.9 Å². The Labute approximate surface area is 131 Å². The molecule has 1 aromatic carbocycles. The molecule has 1 saturated heterocycles. The maximum Gasteiger partial charge on any atom is 0.129 e. The third kappa shape index (κ3) is 5.22. The minimum absolute atomic E-state index is 0.248. The molecule has 1 aliphatic rings. The highest BCUT2D eigenvalue weighted by Gasteiger charge is 2.19. The van der Waals surface area contributed by atoms with Gasteiger partial charge in [-0.25, -0.2) is 4.39 Å². The predicted octanol–water partition coefficient (Wildman–Crippen LogP) is 2.66. The third-order valence-corrected chi connectivity index (χ3v) is 4.38. The molecule has 0 radical (unpaired) electrons. The molecule has 1 heterocycles. The van der Waals surface area contributed by atoms with Gasteiger partial charge in [0.25, 0.3) is 0 Å². The summed E-state index contributed by atoms with van der Waals surface area (Å²) in [6.45, 7) is 5.98. The molecule has 0 spiro atoms.